The van der Waals surface area contributed by atoms with Crippen LogP contribution in [-0.4, -0.2) is 25.2 Å². The summed E-state index contributed by atoms with van der Waals surface area (Å²) < 4.78 is 3.11. The number of aryl methyl sites for hydroxylation is 4. The van der Waals surface area contributed by atoms with Crippen LogP contribution in [-0.2, 0) is 24.2 Å². The Balaban J connectivity index is 1.75. The van der Waals surface area contributed by atoms with E-state index in [1.54, 1.807) is 4.68 Å². The number of rotatable bonds is 4. The molecule has 7 heteroatoms. The minimum absolute atomic E-state index is 0.110. The quantitative estimate of drug-likeness (QED) is 0.741. The third-order valence-electron chi connectivity index (χ3n) is 5.22. The summed E-state index contributed by atoms with van der Waals surface area (Å²) in [5, 5.41) is 7.38. The van der Waals surface area contributed by atoms with Gasteiger partial charge in [-0.15, -0.1) is 0 Å². The first-order chi connectivity index (χ1) is 13.9. The first-order valence-electron chi connectivity index (χ1n) is 9.95. The van der Waals surface area contributed by atoms with Gasteiger partial charge >= 0.3 is 0 Å². The van der Waals surface area contributed by atoms with Crippen molar-refractivity contribution < 1.29 is 4.79 Å². The van der Waals surface area contributed by atoms with Crippen molar-refractivity contribution in [1.29, 1.82) is 0 Å². The zero-order valence-electron chi connectivity index (χ0n) is 17.0. The summed E-state index contributed by atoms with van der Waals surface area (Å²) in [6.07, 6.45) is 3.48. The number of nitrogens with one attached hydrogen (secondary N) is 1. The number of amides is 1. The molecule has 0 radical (unpaired) electrons. The van der Waals surface area contributed by atoms with Gasteiger partial charge in [-0.1, -0.05) is 12.1 Å². The first-order valence-corrected chi connectivity index (χ1v) is 9.95. The van der Waals surface area contributed by atoms with Crippen molar-refractivity contribution in [3.8, 4) is 5.95 Å². The van der Waals surface area contributed by atoms with E-state index in [1.165, 1.54) is 4.57 Å². The van der Waals surface area contributed by atoms with E-state index >= 15 is 0 Å². The molecule has 1 amide bonds. The van der Waals surface area contributed by atoms with E-state index in [2.05, 4.69) is 10.4 Å². The summed E-state index contributed by atoms with van der Waals surface area (Å²) in [6, 6.07) is 9.52. The van der Waals surface area contributed by atoms with Crippen molar-refractivity contribution in [2.75, 3.05) is 5.32 Å². The van der Waals surface area contributed by atoms with Crippen LogP contribution in [0.2, 0.25) is 0 Å². The van der Waals surface area contributed by atoms with E-state index < -0.39 is 0 Å². The topological polar surface area (TPSA) is 81.8 Å². The number of nitrogens with zero attached hydrogens (tertiary/aromatic N) is 4. The highest BCUT2D eigenvalue weighted by atomic mass is 16.2. The molecule has 0 fully saturated rings. The monoisotopic (exact) mass is 391 g/mol. The number of fused-ring (bicyclic) bond motifs is 1. The third kappa shape index (κ3) is 3.85. The molecule has 1 aliphatic carbocycles. The molecule has 0 saturated carbocycles. The lowest BCUT2D eigenvalue weighted by Gasteiger charge is -2.20. The molecule has 0 atom stereocenters. The highest BCUT2D eigenvalue weighted by Crippen LogP contribution is 2.19. The number of hydrogen-bond donors (Lipinski definition) is 1. The van der Waals surface area contributed by atoms with Crippen molar-refractivity contribution in [3.05, 3.63) is 68.9 Å². The second-order valence-electron chi connectivity index (χ2n) is 7.69. The van der Waals surface area contributed by atoms with Crippen LogP contribution in [0.4, 0.5) is 5.69 Å². The predicted molar refractivity (Wildman–Crippen MR) is 112 cm³/mol. The molecule has 7 nitrogen and oxygen atoms in total. The zero-order valence-corrected chi connectivity index (χ0v) is 17.0. The van der Waals surface area contributed by atoms with Gasteiger partial charge in [0.2, 0.25) is 11.9 Å². The van der Waals surface area contributed by atoms with Gasteiger partial charge in [0, 0.05) is 16.9 Å². The van der Waals surface area contributed by atoms with Crippen LogP contribution in [0.3, 0.4) is 0 Å². The molecular formula is C22H25N5O2. The zero-order chi connectivity index (χ0) is 20.5. The number of anilines is 1. The summed E-state index contributed by atoms with van der Waals surface area (Å²) in [7, 11) is 0. The molecule has 150 valence electrons. The van der Waals surface area contributed by atoms with E-state index in [0.717, 1.165) is 47.5 Å². The number of hydrogen-bond acceptors (Lipinski definition) is 4. The molecule has 0 unspecified atom stereocenters. The summed E-state index contributed by atoms with van der Waals surface area (Å²) in [5.74, 6) is 0.138. The van der Waals surface area contributed by atoms with Gasteiger partial charge in [-0.05, 0) is 70.2 Å². The SMILES string of the molecule is Cc1cccc(NC(=O)Cn2c(-n3nc(C)cc3C)nc3c(c2=O)CCCC3)c1. The van der Waals surface area contributed by atoms with Crippen LogP contribution in [0.15, 0.2) is 35.1 Å². The van der Waals surface area contributed by atoms with Gasteiger partial charge in [-0.2, -0.15) is 5.10 Å². The van der Waals surface area contributed by atoms with Crippen LogP contribution in [0.1, 0.15) is 41.1 Å². The van der Waals surface area contributed by atoms with Crippen molar-refractivity contribution in [2.45, 2.75) is 53.0 Å². The Morgan fingerprint density at radius 3 is 2.66 bits per heavy atom. The molecule has 1 N–H and O–H groups in total. The van der Waals surface area contributed by atoms with Crippen molar-refractivity contribution in [1.82, 2.24) is 19.3 Å². The van der Waals surface area contributed by atoms with Crippen molar-refractivity contribution in [3.63, 3.8) is 0 Å². The minimum Gasteiger partial charge on any atom is -0.325 e. The van der Waals surface area contributed by atoms with E-state index in [0.29, 0.717) is 18.1 Å². The Hall–Kier alpha value is -3.22. The molecule has 0 saturated heterocycles. The van der Waals surface area contributed by atoms with E-state index in [1.807, 2.05) is 51.1 Å². The molecule has 2 heterocycles. The van der Waals surface area contributed by atoms with E-state index in [4.69, 9.17) is 4.98 Å². The Morgan fingerprint density at radius 1 is 1.14 bits per heavy atom. The van der Waals surface area contributed by atoms with Gasteiger partial charge in [0.1, 0.15) is 6.54 Å². The maximum atomic E-state index is 13.3. The molecule has 0 spiro atoms. The van der Waals surface area contributed by atoms with Gasteiger partial charge in [-0.25, -0.2) is 9.67 Å². The molecule has 4 rings (SSSR count). The predicted octanol–water partition coefficient (Wildman–Crippen LogP) is 2.87. The Morgan fingerprint density at radius 2 is 1.93 bits per heavy atom. The minimum atomic E-state index is -0.266. The third-order valence-corrected chi connectivity index (χ3v) is 5.22. The second kappa shape index (κ2) is 7.66. The highest BCUT2D eigenvalue weighted by Gasteiger charge is 2.22. The lowest BCUT2D eigenvalue weighted by atomic mass is 9.97. The van der Waals surface area contributed by atoms with Crippen LogP contribution in [0.5, 0.6) is 0 Å². The molecule has 0 bridgehead atoms. The number of carbonyl (C=O) groups is 1. The lowest BCUT2D eigenvalue weighted by Crippen LogP contribution is -2.35. The van der Waals surface area contributed by atoms with Gasteiger partial charge in [0.05, 0.1) is 11.4 Å². The lowest BCUT2D eigenvalue weighted by molar-refractivity contribution is -0.116. The smallest absolute Gasteiger partial charge is 0.258 e. The summed E-state index contributed by atoms with van der Waals surface area (Å²) in [5.41, 5.74) is 4.89. The van der Waals surface area contributed by atoms with Gasteiger partial charge in [-0.3, -0.25) is 14.2 Å². The van der Waals surface area contributed by atoms with Crippen molar-refractivity contribution >= 4 is 11.6 Å². The van der Waals surface area contributed by atoms with Crippen LogP contribution >= 0.6 is 0 Å². The average Bonchev–Trinajstić information content (AvgIpc) is 3.02. The van der Waals surface area contributed by atoms with Gasteiger partial charge in [0.15, 0.2) is 0 Å². The van der Waals surface area contributed by atoms with Crippen LogP contribution in [0, 0.1) is 20.8 Å². The fourth-order valence-corrected chi connectivity index (χ4v) is 3.88. The molecule has 0 aliphatic heterocycles. The Bertz CT molecular complexity index is 1140. The van der Waals surface area contributed by atoms with Crippen molar-refractivity contribution in [2.24, 2.45) is 0 Å². The summed E-state index contributed by atoms with van der Waals surface area (Å²) >= 11 is 0. The molecule has 1 aromatic carbocycles. The Kier molecular flexibility index (Phi) is 5.05. The fourth-order valence-electron chi connectivity index (χ4n) is 3.88. The molecule has 3 aromatic rings. The van der Waals surface area contributed by atoms with E-state index in [-0.39, 0.29) is 18.0 Å². The number of benzene rings is 1. The van der Waals surface area contributed by atoms with Gasteiger partial charge in [0.25, 0.3) is 5.56 Å². The molecule has 29 heavy (non-hydrogen) atoms. The van der Waals surface area contributed by atoms with Gasteiger partial charge < -0.3 is 5.32 Å². The molecule has 1 aliphatic rings. The first kappa shape index (κ1) is 19.1. The molecule has 2 aromatic heterocycles. The number of carbonyl (C=O) groups excluding carboxylic acids is 1. The number of aromatic nitrogens is 4. The highest BCUT2D eigenvalue weighted by molar-refractivity contribution is 5.90. The fraction of sp³-hybridized carbons (Fsp3) is 0.364. The average molecular weight is 391 g/mol. The largest absolute Gasteiger partial charge is 0.325 e. The molecular weight excluding hydrogens is 366 g/mol. The summed E-state index contributed by atoms with van der Waals surface area (Å²) in [6.45, 7) is 5.67. The normalized spacial score (nSPS) is 13.2. The Labute approximate surface area is 169 Å². The summed E-state index contributed by atoms with van der Waals surface area (Å²) in [4.78, 5) is 30.8. The standard InChI is InChI=1S/C22H25N5O2/c1-14-7-6-8-17(11-14)23-20(28)13-26-21(29)18-9-4-5-10-19(18)24-22(26)27-16(3)12-15(2)25-27/h6-8,11-12H,4-5,9-10,13H2,1-3H3,(H,23,28). The maximum absolute atomic E-state index is 13.3. The second-order valence-corrected chi connectivity index (χ2v) is 7.69. The van der Waals surface area contributed by atoms with E-state index in [9.17, 15) is 9.59 Å². The maximum Gasteiger partial charge on any atom is 0.258 e. The van der Waals surface area contributed by atoms with Crippen LogP contribution in [0.25, 0.3) is 5.95 Å². The van der Waals surface area contributed by atoms with Crippen LogP contribution < -0.4 is 10.9 Å².